The van der Waals surface area contributed by atoms with Gasteiger partial charge in [0.25, 0.3) is 0 Å². The minimum Gasteiger partial charge on any atom is -0.493 e. The highest BCUT2D eigenvalue weighted by Crippen LogP contribution is 2.26. The lowest BCUT2D eigenvalue weighted by Crippen LogP contribution is -2.28. The number of carbonyl (C=O) groups excluding carboxylic acids is 1. The summed E-state index contributed by atoms with van der Waals surface area (Å²) in [6.07, 6.45) is 3.00. The molecule has 5 rings (SSSR count). The fraction of sp³-hybridized carbons (Fsp3) is 0.278. The highest BCUT2D eigenvalue weighted by molar-refractivity contribution is 5.79. The highest BCUT2D eigenvalue weighted by atomic mass is 16.5. The van der Waals surface area contributed by atoms with Gasteiger partial charge in [0.2, 0.25) is 5.91 Å². The molecule has 1 N–H and O–H groups in total. The molecule has 0 unspecified atom stereocenters. The van der Waals surface area contributed by atoms with Gasteiger partial charge in [-0.3, -0.25) is 4.79 Å². The first kappa shape index (κ1) is 28.2. The third-order valence-corrected chi connectivity index (χ3v) is 7.40. The second kappa shape index (κ2) is 13.8. The maximum atomic E-state index is 12.7. The number of nitrogens with zero attached hydrogens (tertiary/aromatic N) is 2. The van der Waals surface area contributed by atoms with E-state index in [1.54, 1.807) is 0 Å². The highest BCUT2D eigenvalue weighted by Gasteiger charge is 2.12. The van der Waals surface area contributed by atoms with Crippen molar-refractivity contribution in [3.8, 4) is 16.9 Å². The maximum Gasteiger partial charge on any atom is 0.224 e. The van der Waals surface area contributed by atoms with Crippen molar-refractivity contribution in [2.45, 2.75) is 52.0 Å². The van der Waals surface area contributed by atoms with Gasteiger partial charge in [0.05, 0.1) is 24.1 Å². The van der Waals surface area contributed by atoms with Crippen LogP contribution in [0.15, 0.2) is 103 Å². The average molecular weight is 546 g/mol. The molecule has 5 aromatic rings. The van der Waals surface area contributed by atoms with E-state index < -0.39 is 0 Å². The van der Waals surface area contributed by atoms with Gasteiger partial charge in [0.15, 0.2) is 0 Å². The van der Waals surface area contributed by atoms with Crippen LogP contribution in [0.25, 0.3) is 22.2 Å². The van der Waals surface area contributed by atoms with Crippen LogP contribution in [0.3, 0.4) is 0 Å². The van der Waals surface area contributed by atoms with Gasteiger partial charge in [-0.2, -0.15) is 0 Å². The molecule has 0 aliphatic rings. The van der Waals surface area contributed by atoms with Gasteiger partial charge in [0.1, 0.15) is 11.6 Å². The first-order valence-electron chi connectivity index (χ1n) is 14.7. The Balaban J connectivity index is 1.12. The molecular weight excluding hydrogens is 506 g/mol. The van der Waals surface area contributed by atoms with Crippen LogP contribution in [-0.4, -0.2) is 28.6 Å². The number of nitrogens with one attached hydrogen (secondary N) is 1. The molecule has 0 aliphatic carbocycles. The number of fused-ring (bicyclic) bond motifs is 1. The summed E-state index contributed by atoms with van der Waals surface area (Å²) in [4.78, 5) is 17.6. The number of unbranched alkanes of at least 4 members (excludes halogenated alkanes) is 1. The summed E-state index contributed by atoms with van der Waals surface area (Å²) in [5.74, 6) is 2.45. The van der Waals surface area contributed by atoms with Crippen LogP contribution in [0, 0.1) is 0 Å². The number of hydrogen-bond acceptors (Lipinski definition) is 3. The van der Waals surface area contributed by atoms with Crippen LogP contribution in [0.4, 0.5) is 0 Å². The third-order valence-electron chi connectivity index (χ3n) is 7.40. The zero-order chi connectivity index (χ0) is 28.4. The van der Waals surface area contributed by atoms with E-state index in [1.165, 1.54) is 11.1 Å². The first-order chi connectivity index (χ1) is 20.1. The summed E-state index contributed by atoms with van der Waals surface area (Å²) in [6, 6.07) is 35.1. The number of amides is 1. The van der Waals surface area contributed by atoms with Gasteiger partial charge >= 0.3 is 0 Å². The van der Waals surface area contributed by atoms with E-state index in [4.69, 9.17) is 9.72 Å². The van der Waals surface area contributed by atoms with Crippen LogP contribution >= 0.6 is 0 Å². The van der Waals surface area contributed by atoms with E-state index in [0.29, 0.717) is 31.9 Å². The Morgan fingerprint density at radius 3 is 2.34 bits per heavy atom. The smallest absolute Gasteiger partial charge is 0.224 e. The SMILES string of the molecule is CC(C)c1ccccc1OCCCCn1c(CCNC(=O)Cc2ccc(-c3ccccc3)cc2)nc2ccccc21. The van der Waals surface area contributed by atoms with Crippen molar-refractivity contribution >= 4 is 16.9 Å². The molecule has 1 heterocycles. The molecule has 0 radical (unpaired) electrons. The monoisotopic (exact) mass is 545 g/mol. The van der Waals surface area contributed by atoms with Crippen molar-refractivity contribution in [1.82, 2.24) is 14.9 Å². The average Bonchev–Trinajstić information content (AvgIpc) is 3.35. The number of imidazole rings is 1. The summed E-state index contributed by atoms with van der Waals surface area (Å²) in [7, 11) is 0. The summed E-state index contributed by atoms with van der Waals surface area (Å²) in [6.45, 7) is 6.50. The number of ether oxygens (including phenoxy) is 1. The molecule has 0 saturated heterocycles. The third kappa shape index (κ3) is 7.43. The lowest BCUT2D eigenvalue weighted by atomic mass is 10.0. The Morgan fingerprint density at radius 1 is 0.829 bits per heavy atom. The Kier molecular flexibility index (Phi) is 9.48. The van der Waals surface area contributed by atoms with E-state index in [0.717, 1.165) is 53.1 Å². The standard InChI is InChI=1S/C36H39N3O2/c1-27(2)31-14-6-9-17-34(31)41-25-11-10-24-39-33-16-8-7-15-32(33)38-35(39)22-23-37-36(40)26-28-18-20-30(21-19-28)29-12-4-3-5-13-29/h3-9,12-21,27H,10-11,22-26H2,1-2H3,(H,37,40). The Bertz CT molecular complexity index is 1560. The van der Waals surface area contributed by atoms with Crippen LogP contribution in [0.2, 0.25) is 0 Å². The van der Waals surface area contributed by atoms with Crippen LogP contribution in [0.1, 0.15) is 49.6 Å². The second-order valence-electron chi connectivity index (χ2n) is 10.8. The van der Waals surface area contributed by atoms with E-state index in [1.807, 2.05) is 42.5 Å². The van der Waals surface area contributed by atoms with Crippen molar-refractivity contribution in [2.75, 3.05) is 13.2 Å². The lowest BCUT2D eigenvalue weighted by molar-refractivity contribution is -0.120. The number of rotatable bonds is 13. The molecule has 5 nitrogen and oxygen atoms in total. The van der Waals surface area contributed by atoms with Crippen molar-refractivity contribution < 1.29 is 9.53 Å². The van der Waals surface area contributed by atoms with Gasteiger partial charge < -0.3 is 14.6 Å². The van der Waals surface area contributed by atoms with Gasteiger partial charge in [-0.05, 0) is 59.2 Å². The molecular formula is C36H39N3O2. The molecule has 1 aromatic heterocycles. The zero-order valence-electron chi connectivity index (χ0n) is 24.1. The summed E-state index contributed by atoms with van der Waals surface area (Å²) in [5, 5.41) is 3.09. The number of aryl methyl sites for hydroxylation is 1. The summed E-state index contributed by atoms with van der Waals surface area (Å²) in [5.41, 5.74) is 6.72. The zero-order valence-corrected chi connectivity index (χ0v) is 24.1. The molecule has 5 heteroatoms. The van der Waals surface area contributed by atoms with E-state index >= 15 is 0 Å². The predicted octanol–water partition coefficient (Wildman–Crippen LogP) is 7.59. The molecule has 0 atom stereocenters. The topological polar surface area (TPSA) is 56.1 Å². The number of para-hydroxylation sites is 3. The molecule has 0 fully saturated rings. The minimum absolute atomic E-state index is 0.0268. The quantitative estimate of drug-likeness (QED) is 0.155. The Labute approximate surface area is 243 Å². The molecule has 210 valence electrons. The summed E-state index contributed by atoms with van der Waals surface area (Å²) >= 11 is 0. The molecule has 0 spiro atoms. The Morgan fingerprint density at radius 2 is 1.54 bits per heavy atom. The number of aromatic nitrogens is 2. The van der Waals surface area contributed by atoms with E-state index in [2.05, 4.69) is 84.4 Å². The van der Waals surface area contributed by atoms with Gasteiger partial charge in [-0.25, -0.2) is 4.98 Å². The van der Waals surface area contributed by atoms with Crippen LogP contribution in [-0.2, 0) is 24.2 Å². The van der Waals surface area contributed by atoms with Gasteiger partial charge in [-0.1, -0.05) is 98.8 Å². The largest absolute Gasteiger partial charge is 0.493 e. The van der Waals surface area contributed by atoms with E-state index in [9.17, 15) is 4.79 Å². The molecule has 1 amide bonds. The summed E-state index contributed by atoms with van der Waals surface area (Å²) < 4.78 is 8.43. The number of carbonyl (C=O) groups is 1. The fourth-order valence-electron chi connectivity index (χ4n) is 5.22. The molecule has 41 heavy (non-hydrogen) atoms. The van der Waals surface area contributed by atoms with Gasteiger partial charge in [-0.15, -0.1) is 0 Å². The second-order valence-corrected chi connectivity index (χ2v) is 10.8. The van der Waals surface area contributed by atoms with E-state index in [-0.39, 0.29) is 5.91 Å². The lowest BCUT2D eigenvalue weighted by Gasteiger charge is -2.14. The number of benzene rings is 4. The maximum absolute atomic E-state index is 12.7. The Hall–Kier alpha value is -4.38. The normalized spacial score (nSPS) is 11.2. The van der Waals surface area contributed by atoms with Crippen LogP contribution in [0.5, 0.6) is 5.75 Å². The van der Waals surface area contributed by atoms with Crippen molar-refractivity contribution in [3.63, 3.8) is 0 Å². The predicted molar refractivity (Wildman–Crippen MR) is 167 cm³/mol. The molecule has 0 bridgehead atoms. The molecule has 0 aliphatic heterocycles. The van der Waals surface area contributed by atoms with Crippen molar-refractivity contribution in [1.29, 1.82) is 0 Å². The van der Waals surface area contributed by atoms with Crippen molar-refractivity contribution in [2.24, 2.45) is 0 Å². The fourth-order valence-corrected chi connectivity index (χ4v) is 5.22. The van der Waals surface area contributed by atoms with Gasteiger partial charge in [0, 0.05) is 19.5 Å². The van der Waals surface area contributed by atoms with Crippen LogP contribution < -0.4 is 10.1 Å². The minimum atomic E-state index is 0.0268. The van der Waals surface area contributed by atoms with Crippen molar-refractivity contribution in [3.05, 3.63) is 120 Å². The first-order valence-corrected chi connectivity index (χ1v) is 14.7. The number of hydrogen-bond donors (Lipinski definition) is 1. The molecule has 0 saturated carbocycles. The molecule has 4 aromatic carbocycles.